The summed E-state index contributed by atoms with van der Waals surface area (Å²) < 4.78 is 0. The topological polar surface area (TPSA) is 61.4 Å². The van der Waals surface area contributed by atoms with Gasteiger partial charge in [-0.3, -0.25) is 9.59 Å². The van der Waals surface area contributed by atoms with E-state index in [1.54, 1.807) is 0 Å². The number of carbonyl (C=O) groups excluding carboxylic acids is 2. The SMILES string of the molecule is CN(C)CCNC(=O)C(=O)NC1CCCCC1. The van der Waals surface area contributed by atoms with Gasteiger partial charge in [-0.15, -0.1) is 0 Å². The van der Waals surface area contributed by atoms with Crippen LogP contribution in [-0.2, 0) is 9.59 Å². The van der Waals surface area contributed by atoms with Crippen LogP contribution in [0.5, 0.6) is 0 Å². The third-order valence-electron chi connectivity index (χ3n) is 2.99. The quantitative estimate of drug-likeness (QED) is 0.687. The average Bonchev–Trinajstić information content (AvgIpc) is 2.29. The number of carbonyl (C=O) groups is 2. The minimum Gasteiger partial charge on any atom is -0.347 e. The summed E-state index contributed by atoms with van der Waals surface area (Å²) in [6, 6.07) is 0.191. The maximum absolute atomic E-state index is 11.6. The van der Waals surface area contributed by atoms with E-state index in [1.165, 1.54) is 6.42 Å². The van der Waals surface area contributed by atoms with Crippen LogP contribution in [0.2, 0.25) is 0 Å². The van der Waals surface area contributed by atoms with Crippen molar-refractivity contribution in [1.82, 2.24) is 15.5 Å². The van der Waals surface area contributed by atoms with Gasteiger partial charge < -0.3 is 15.5 Å². The summed E-state index contributed by atoms with van der Waals surface area (Å²) in [6.07, 6.45) is 5.52. The molecule has 1 aliphatic carbocycles. The molecule has 0 aromatic rings. The van der Waals surface area contributed by atoms with Gasteiger partial charge in [0.25, 0.3) is 0 Å². The maximum Gasteiger partial charge on any atom is 0.309 e. The first-order valence-corrected chi connectivity index (χ1v) is 6.33. The van der Waals surface area contributed by atoms with E-state index in [2.05, 4.69) is 10.6 Å². The Labute approximate surface area is 103 Å². The van der Waals surface area contributed by atoms with Gasteiger partial charge in [0.05, 0.1) is 0 Å². The van der Waals surface area contributed by atoms with Gasteiger partial charge in [-0.05, 0) is 26.9 Å². The van der Waals surface area contributed by atoms with Crippen LogP contribution in [0.4, 0.5) is 0 Å². The molecule has 0 bridgehead atoms. The third kappa shape index (κ3) is 5.68. The predicted molar refractivity (Wildman–Crippen MR) is 66.6 cm³/mol. The Bertz CT molecular complexity index is 260. The highest BCUT2D eigenvalue weighted by Gasteiger charge is 2.19. The molecule has 17 heavy (non-hydrogen) atoms. The van der Waals surface area contributed by atoms with E-state index >= 15 is 0 Å². The Balaban J connectivity index is 2.19. The lowest BCUT2D eigenvalue weighted by atomic mass is 9.95. The van der Waals surface area contributed by atoms with Gasteiger partial charge in [0.1, 0.15) is 0 Å². The summed E-state index contributed by atoms with van der Waals surface area (Å²) >= 11 is 0. The fourth-order valence-electron chi connectivity index (χ4n) is 1.97. The van der Waals surface area contributed by atoms with Crippen molar-refractivity contribution in [3.63, 3.8) is 0 Å². The van der Waals surface area contributed by atoms with Gasteiger partial charge in [-0.2, -0.15) is 0 Å². The van der Waals surface area contributed by atoms with Crippen molar-refractivity contribution in [3.05, 3.63) is 0 Å². The summed E-state index contributed by atoms with van der Waals surface area (Å²) in [4.78, 5) is 25.0. The minimum absolute atomic E-state index is 0.191. The molecule has 5 heteroatoms. The van der Waals surface area contributed by atoms with Gasteiger partial charge in [0, 0.05) is 19.1 Å². The molecule has 5 nitrogen and oxygen atoms in total. The minimum atomic E-state index is -0.516. The highest BCUT2D eigenvalue weighted by molar-refractivity contribution is 6.35. The van der Waals surface area contributed by atoms with Crippen molar-refractivity contribution in [1.29, 1.82) is 0 Å². The zero-order valence-corrected chi connectivity index (χ0v) is 10.8. The van der Waals surface area contributed by atoms with Crippen molar-refractivity contribution in [2.24, 2.45) is 0 Å². The molecular formula is C12H23N3O2. The molecule has 0 spiro atoms. The second-order valence-corrected chi connectivity index (χ2v) is 4.87. The number of nitrogens with one attached hydrogen (secondary N) is 2. The Morgan fingerprint density at radius 1 is 1.12 bits per heavy atom. The van der Waals surface area contributed by atoms with E-state index in [4.69, 9.17) is 0 Å². The Hall–Kier alpha value is -1.10. The first kappa shape index (κ1) is 14.0. The van der Waals surface area contributed by atoms with Gasteiger partial charge in [-0.25, -0.2) is 0 Å². The van der Waals surface area contributed by atoms with Crippen LogP contribution < -0.4 is 10.6 Å². The van der Waals surface area contributed by atoms with Crippen molar-refractivity contribution in [2.75, 3.05) is 27.2 Å². The van der Waals surface area contributed by atoms with Crippen molar-refractivity contribution < 1.29 is 9.59 Å². The zero-order chi connectivity index (χ0) is 12.7. The lowest BCUT2D eigenvalue weighted by Crippen LogP contribution is -2.46. The van der Waals surface area contributed by atoms with E-state index < -0.39 is 11.8 Å². The predicted octanol–water partition coefficient (Wildman–Crippen LogP) is 0.113. The molecule has 0 atom stereocenters. The Morgan fingerprint density at radius 3 is 2.35 bits per heavy atom. The summed E-state index contributed by atoms with van der Waals surface area (Å²) in [6.45, 7) is 1.24. The van der Waals surface area contributed by atoms with Crippen LogP contribution >= 0.6 is 0 Å². The maximum atomic E-state index is 11.6. The summed E-state index contributed by atoms with van der Waals surface area (Å²) in [5, 5.41) is 5.40. The smallest absolute Gasteiger partial charge is 0.309 e. The largest absolute Gasteiger partial charge is 0.347 e. The molecule has 1 aliphatic rings. The van der Waals surface area contributed by atoms with Crippen LogP contribution in [0.15, 0.2) is 0 Å². The first-order valence-electron chi connectivity index (χ1n) is 6.33. The highest BCUT2D eigenvalue weighted by atomic mass is 16.2. The lowest BCUT2D eigenvalue weighted by molar-refractivity contribution is -0.139. The molecule has 0 radical (unpaired) electrons. The molecule has 1 fully saturated rings. The summed E-state index contributed by atoms with van der Waals surface area (Å²) in [5.74, 6) is -1.01. The first-order chi connectivity index (χ1) is 8.09. The molecule has 0 saturated heterocycles. The normalized spacial score (nSPS) is 16.9. The van der Waals surface area contributed by atoms with Crippen molar-refractivity contribution in [2.45, 2.75) is 38.1 Å². The van der Waals surface area contributed by atoms with Crippen LogP contribution in [0.1, 0.15) is 32.1 Å². The lowest BCUT2D eigenvalue weighted by Gasteiger charge is -2.22. The highest BCUT2D eigenvalue weighted by Crippen LogP contribution is 2.17. The average molecular weight is 241 g/mol. The Morgan fingerprint density at radius 2 is 1.76 bits per heavy atom. The van der Waals surface area contributed by atoms with Gasteiger partial charge >= 0.3 is 11.8 Å². The standard InChI is InChI=1S/C12H23N3O2/c1-15(2)9-8-13-11(16)12(17)14-10-6-4-3-5-7-10/h10H,3-9H2,1-2H3,(H,13,16)(H,14,17). The second kappa shape index (κ2) is 7.27. The summed E-state index contributed by atoms with van der Waals surface area (Å²) in [5.41, 5.74) is 0. The molecule has 0 aromatic heterocycles. The molecular weight excluding hydrogens is 218 g/mol. The number of likely N-dealkylation sites (N-methyl/N-ethyl adjacent to an activating group) is 1. The van der Waals surface area contributed by atoms with Crippen LogP contribution in [-0.4, -0.2) is 49.9 Å². The number of hydrogen-bond donors (Lipinski definition) is 2. The van der Waals surface area contributed by atoms with E-state index in [-0.39, 0.29) is 6.04 Å². The zero-order valence-electron chi connectivity index (χ0n) is 10.8. The van der Waals surface area contributed by atoms with Crippen LogP contribution in [0, 0.1) is 0 Å². The van der Waals surface area contributed by atoms with Gasteiger partial charge in [-0.1, -0.05) is 19.3 Å². The molecule has 0 heterocycles. The van der Waals surface area contributed by atoms with E-state index in [0.717, 1.165) is 32.2 Å². The van der Waals surface area contributed by atoms with E-state index in [0.29, 0.717) is 6.54 Å². The van der Waals surface area contributed by atoms with Gasteiger partial charge in [0.15, 0.2) is 0 Å². The molecule has 0 aromatic carbocycles. The number of hydrogen-bond acceptors (Lipinski definition) is 3. The van der Waals surface area contributed by atoms with Crippen molar-refractivity contribution in [3.8, 4) is 0 Å². The van der Waals surface area contributed by atoms with Crippen molar-refractivity contribution >= 4 is 11.8 Å². The number of amides is 2. The number of nitrogens with zero attached hydrogens (tertiary/aromatic N) is 1. The molecule has 0 unspecified atom stereocenters. The van der Waals surface area contributed by atoms with E-state index in [1.807, 2.05) is 19.0 Å². The molecule has 1 rings (SSSR count). The summed E-state index contributed by atoms with van der Waals surface area (Å²) in [7, 11) is 3.85. The fourth-order valence-corrected chi connectivity index (χ4v) is 1.97. The molecule has 0 aliphatic heterocycles. The second-order valence-electron chi connectivity index (χ2n) is 4.87. The monoisotopic (exact) mass is 241 g/mol. The Kier molecular flexibility index (Phi) is 5.97. The molecule has 2 N–H and O–H groups in total. The van der Waals surface area contributed by atoms with Gasteiger partial charge in [0.2, 0.25) is 0 Å². The fraction of sp³-hybridized carbons (Fsp3) is 0.833. The molecule has 98 valence electrons. The molecule has 1 saturated carbocycles. The number of rotatable bonds is 4. The molecule has 2 amide bonds. The van der Waals surface area contributed by atoms with Crippen LogP contribution in [0.25, 0.3) is 0 Å². The van der Waals surface area contributed by atoms with E-state index in [9.17, 15) is 9.59 Å². The third-order valence-corrected chi connectivity index (χ3v) is 2.99. The van der Waals surface area contributed by atoms with Crippen LogP contribution in [0.3, 0.4) is 0 Å².